The van der Waals surface area contributed by atoms with Gasteiger partial charge in [0.2, 0.25) is 0 Å². The minimum absolute atomic E-state index is 0.124. The molecule has 0 radical (unpaired) electrons. The Balaban J connectivity index is 1.52. The highest BCUT2D eigenvalue weighted by molar-refractivity contribution is 7.19. The van der Waals surface area contributed by atoms with Gasteiger partial charge in [-0.3, -0.25) is 4.79 Å². The maximum atomic E-state index is 10.6. The van der Waals surface area contributed by atoms with E-state index in [4.69, 9.17) is 16.7 Å². The third-order valence-electron chi connectivity index (χ3n) is 6.08. The number of thiophene rings is 1. The van der Waals surface area contributed by atoms with Crippen molar-refractivity contribution in [3.8, 4) is 0 Å². The molecule has 1 saturated carbocycles. The monoisotopic (exact) mass is 478 g/mol. The topological polar surface area (TPSA) is 98.0 Å². The molecular weight excluding hydrogens is 448 g/mol. The predicted octanol–water partition coefficient (Wildman–Crippen LogP) is 4.96. The number of carbonyl (C=O) groups is 1. The average Bonchev–Trinajstić information content (AvgIpc) is 3.22. The van der Waals surface area contributed by atoms with Crippen LogP contribution in [0.15, 0.2) is 48.6 Å². The van der Waals surface area contributed by atoms with Crippen LogP contribution in [0.4, 0.5) is 0 Å². The van der Waals surface area contributed by atoms with Crippen LogP contribution < -0.4 is 0 Å². The van der Waals surface area contributed by atoms with Crippen LogP contribution in [-0.2, 0) is 11.2 Å². The molecule has 1 aromatic heterocycles. The number of aliphatic hydroxyl groups excluding tert-OH is 3. The van der Waals surface area contributed by atoms with Crippen molar-refractivity contribution in [3.05, 3.63) is 58.5 Å². The van der Waals surface area contributed by atoms with E-state index in [1.165, 1.54) is 0 Å². The lowest BCUT2D eigenvalue weighted by Crippen LogP contribution is -2.20. The largest absolute Gasteiger partial charge is 0.481 e. The Hall–Kier alpha value is -1.70. The molecule has 0 spiro atoms. The summed E-state index contributed by atoms with van der Waals surface area (Å²) in [6.45, 7) is 0. The molecule has 5 nitrogen and oxygen atoms in total. The van der Waals surface area contributed by atoms with Crippen LogP contribution in [0.1, 0.15) is 43.4 Å². The van der Waals surface area contributed by atoms with Crippen molar-refractivity contribution in [3.63, 3.8) is 0 Å². The molecule has 1 aromatic carbocycles. The number of hydrogen-bond acceptors (Lipinski definition) is 5. The van der Waals surface area contributed by atoms with Crippen molar-refractivity contribution in [2.24, 2.45) is 11.8 Å². The number of rotatable bonds is 11. The summed E-state index contributed by atoms with van der Waals surface area (Å²) in [5, 5.41) is 41.6. The van der Waals surface area contributed by atoms with Crippen LogP contribution in [0, 0.1) is 11.8 Å². The second-order valence-corrected chi connectivity index (χ2v) is 9.95. The Bertz CT molecular complexity index is 953. The van der Waals surface area contributed by atoms with Crippen LogP contribution >= 0.6 is 22.9 Å². The zero-order valence-corrected chi connectivity index (χ0v) is 19.5. The summed E-state index contributed by atoms with van der Waals surface area (Å²) in [7, 11) is 0. The first-order valence-electron chi connectivity index (χ1n) is 11.1. The number of hydrogen-bond donors (Lipinski definition) is 4. The summed E-state index contributed by atoms with van der Waals surface area (Å²) < 4.78 is 1.14. The number of aryl methyl sites for hydroxylation is 1. The molecule has 3 rings (SSSR count). The fraction of sp³-hybridized carbons (Fsp3) is 0.480. The Labute approximate surface area is 197 Å². The van der Waals surface area contributed by atoms with E-state index >= 15 is 0 Å². The van der Waals surface area contributed by atoms with Crippen molar-refractivity contribution in [2.75, 3.05) is 0 Å². The van der Waals surface area contributed by atoms with Gasteiger partial charge in [0.15, 0.2) is 0 Å². The van der Waals surface area contributed by atoms with E-state index in [-0.39, 0.29) is 18.3 Å². The lowest BCUT2D eigenvalue weighted by atomic mass is 9.89. The highest BCUT2D eigenvalue weighted by atomic mass is 35.5. The molecule has 174 valence electrons. The van der Waals surface area contributed by atoms with E-state index in [9.17, 15) is 20.1 Å². The third kappa shape index (κ3) is 6.65. The van der Waals surface area contributed by atoms with Gasteiger partial charge in [0, 0.05) is 33.7 Å². The van der Waals surface area contributed by atoms with Crippen molar-refractivity contribution >= 4 is 39.0 Å². The molecule has 7 heteroatoms. The molecule has 5 atom stereocenters. The van der Waals surface area contributed by atoms with Gasteiger partial charge in [-0.15, -0.1) is 11.3 Å². The van der Waals surface area contributed by atoms with E-state index < -0.39 is 24.3 Å². The molecule has 0 amide bonds. The van der Waals surface area contributed by atoms with Crippen LogP contribution in [0.25, 0.3) is 10.1 Å². The summed E-state index contributed by atoms with van der Waals surface area (Å²) >= 11 is 8.13. The molecule has 0 saturated heterocycles. The second kappa shape index (κ2) is 12.0. The minimum Gasteiger partial charge on any atom is -0.481 e. The highest BCUT2D eigenvalue weighted by Gasteiger charge is 2.39. The van der Waals surface area contributed by atoms with Gasteiger partial charge in [-0.1, -0.05) is 54.1 Å². The Morgan fingerprint density at radius 2 is 2.00 bits per heavy atom. The van der Waals surface area contributed by atoms with E-state index in [0.29, 0.717) is 38.5 Å². The van der Waals surface area contributed by atoms with Crippen molar-refractivity contribution in [1.82, 2.24) is 0 Å². The Morgan fingerprint density at radius 1 is 1.22 bits per heavy atom. The summed E-state index contributed by atoms with van der Waals surface area (Å²) in [4.78, 5) is 11.6. The van der Waals surface area contributed by atoms with E-state index in [1.807, 2.05) is 42.5 Å². The number of aliphatic carboxylic acids is 1. The van der Waals surface area contributed by atoms with Gasteiger partial charge in [0.1, 0.15) is 0 Å². The van der Waals surface area contributed by atoms with Gasteiger partial charge in [0.25, 0.3) is 0 Å². The van der Waals surface area contributed by atoms with E-state index in [2.05, 4.69) is 0 Å². The number of carboxylic acids is 1. The lowest BCUT2D eigenvalue weighted by Gasteiger charge is -2.19. The Kier molecular flexibility index (Phi) is 9.32. The van der Waals surface area contributed by atoms with Crippen LogP contribution in [0.2, 0.25) is 5.02 Å². The quantitative estimate of drug-likeness (QED) is 0.270. The summed E-state index contributed by atoms with van der Waals surface area (Å²) in [6, 6.07) is 7.99. The normalized spacial score (nSPS) is 24.8. The zero-order chi connectivity index (χ0) is 23.1. The number of allylic oxidation sites excluding steroid dienone is 2. The Morgan fingerprint density at radius 3 is 2.75 bits per heavy atom. The fourth-order valence-corrected chi connectivity index (χ4v) is 5.85. The number of carboxylic acid groups (broad SMARTS) is 1. The molecule has 32 heavy (non-hydrogen) atoms. The molecular formula is C25H31ClO5S. The van der Waals surface area contributed by atoms with Gasteiger partial charge in [0.05, 0.1) is 23.3 Å². The molecule has 0 aliphatic heterocycles. The average molecular weight is 479 g/mol. The summed E-state index contributed by atoms with van der Waals surface area (Å²) in [6.07, 6.45) is 9.07. The van der Waals surface area contributed by atoms with Gasteiger partial charge in [-0.25, -0.2) is 0 Å². The smallest absolute Gasteiger partial charge is 0.303 e. The molecule has 0 bridgehead atoms. The van der Waals surface area contributed by atoms with Crippen LogP contribution in [-0.4, -0.2) is 44.7 Å². The number of halogens is 1. The standard InChI is InChI=1S/C25H31ClO5S/c26-25-19-8-5-6-9-22(19)32-23(25)14-12-16(27)11-13-18-17(20(28)15-21(18)29)7-3-1-2-4-10-24(30)31/h1,3,5-6,8-9,11,13,16-18,20-21,27-29H,2,4,7,10,12,14-15H2,(H,30,31)/t16-,17-,18-,20+,21-/m1/s1. The molecule has 1 fully saturated rings. The second-order valence-electron chi connectivity index (χ2n) is 8.43. The predicted molar refractivity (Wildman–Crippen MR) is 129 cm³/mol. The number of unbranched alkanes of at least 4 members (excludes halogenated alkanes) is 1. The molecule has 2 aromatic rings. The first-order valence-corrected chi connectivity index (χ1v) is 12.3. The van der Waals surface area contributed by atoms with Crippen LogP contribution in [0.3, 0.4) is 0 Å². The van der Waals surface area contributed by atoms with Gasteiger partial charge in [-0.05, 0) is 44.1 Å². The number of benzene rings is 1. The first kappa shape index (κ1) is 24.9. The highest BCUT2D eigenvalue weighted by Crippen LogP contribution is 2.37. The third-order valence-corrected chi connectivity index (χ3v) is 7.85. The molecule has 1 heterocycles. The SMILES string of the molecule is O=C(O)CCCC=CC[C@@H]1[C@@H](C=C[C@@H](O)CCc2sc3ccccc3c2Cl)[C@H](O)C[C@@H]1O. The fourth-order valence-electron chi connectivity index (χ4n) is 4.31. The molecule has 1 aliphatic carbocycles. The first-order chi connectivity index (χ1) is 15.4. The van der Waals surface area contributed by atoms with Crippen molar-refractivity contribution < 1.29 is 25.2 Å². The van der Waals surface area contributed by atoms with Gasteiger partial charge >= 0.3 is 5.97 Å². The van der Waals surface area contributed by atoms with E-state index in [1.54, 1.807) is 17.4 Å². The minimum atomic E-state index is -0.800. The molecule has 1 aliphatic rings. The maximum Gasteiger partial charge on any atom is 0.303 e. The zero-order valence-electron chi connectivity index (χ0n) is 17.9. The van der Waals surface area contributed by atoms with Crippen molar-refractivity contribution in [1.29, 1.82) is 0 Å². The number of fused-ring (bicyclic) bond motifs is 1. The summed E-state index contributed by atoms with van der Waals surface area (Å²) in [5.41, 5.74) is 0. The number of aliphatic hydroxyl groups is 3. The summed E-state index contributed by atoms with van der Waals surface area (Å²) in [5.74, 6) is -1.15. The lowest BCUT2D eigenvalue weighted by molar-refractivity contribution is -0.137. The maximum absolute atomic E-state index is 10.6. The van der Waals surface area contributed by atoms with Gasteiger partial charge < -0.3 is 20.4 Å². The molecule has 0 unspecified atom stereocenters. The van der Waals surface area contributed by atoms with Crippen LogP contribution in [0.5, 0.6) is 0 Å². The van der Waals surface area contributed by atoms with Gasteiger partial charge in [-0.2, -0.15) is 0 Å². The molecule has 4 N–H and O–H groups in total. The van der Waals surface area contributed by atoms with Crippen molar-refractivity contribution in [2.45, 2.75) is 63.3 Å². The van der Waals surface area contributed by atoms with E-state index in [0.717, 1.165) is 20.0 Å².